The zero-order valence-corrected chi connectivity index (χ0v) is 16.5. The number of amides is 1. The van der Waals surface area contributed by atoms with Gasteiger partial charge in [0, 0.05) is 38.1 Å². The molecule has 0 aliphatic carbocycles. The number of likely N-dealkylation sites (tertiary alicyclic amines) is 1. The molecule has 0 saturated carbocycles. The van der Waals surface area contributed by atoms with Crippen LogP contribution in [0.4, 0.5) is 11.6 Å². The molecule has 3 aromatic rings. The van der Waals surface area contributed by atoms with Gasteiger partial charge in [0.15, 0.2) is 0 Å². The van der Waals surface area contributed by atoms with E-state index in [2.05, 4.69) is 25.4 Å². The lowest BCUT2D eigenvalue weighted by Crippen LogP contribution is -2.29. The van der Waals surface area contributed by atoms with Crippen molar-refractivity contribution in [3.05, 3.63) is 66.0 Å². The second-order valence-corrected chi connectivity index (χ2v) is 6.97. The van der Waals surface area contributed by atoms with E-state index < -0.39 is 0 Å². The Morgan fingerprint density at radius 3 is 2.86 bits per heavy atom. The van der Waals surface area contributed by atoms with Gasteiger partial charge in [-0.05, 0) is 44.0 Å². The van der Waals surface area contributed by atoms with Crippen LogP contribution in [-0.2, 0) is 11.8 Å². The fraction of sp³-hybridized carbons (Fsp3) is 0.286. The maximum atomic E-state index is 12.8. The summed E-state index contributed by atoms with van der Waals surface area (Å²) in [5.41, 5.74) is 1.73. The minimum atomic E-state index is -0.0651. The fourth-order valence-corrected chi connectivity index (χ4v) is 3.53. The van der Waals surface area contributed by atoms with E-state index in [1.165, 1.54) is 0 Å². The predicted molar refractivity (Wildman–Crippen MR) is 110 cm³/mol. The average molecular weight is 389 g/mol. The number of carbonyl (C=O) groups is 1. The summed E-state index contributed by atoms with van der Waals surface area (Å²) in [6.07, 6.45) is 8.67. The van der Waals surface area contributed by atoms with Gasteiger partial charge in [-0.25, -0.2) is 15.0 Å². The van der Waals surface area contributed by atoms with E-state index in [9.17, 15) is 4.79 Å². The number of nitrogens with zero attached hydrogens (tertiary/aromatic N) is 6. The third kappa shape index (κ3) is 4.31. The Balaban J connectivity index is 1.54. The van der Waals surface area contributed by atoms with Crippen LogP contribution in [0.3, 0.4) is 0 Å². The van der Waals surface area contributed by atoms with Gasteiger partial charge in [0.2, 0.25) is 5.91 Å². The zero-order valence-electron chi connectivity index (χ0n) is 16.5. The topological polar surface area (TPSA) is 88.8 Å². The molecule has 1 amide bonds. The highest BCUT2D eigenvalue weighted by molar-refractivity contribution is 5.92. The molecule has 1 fully saturated rings. The molecule has 1 unspecified atom stereocenters. The number of aromatic nitrogens is 5. The molecule has 29 heavy (non-hydrogen) atoms. The van der Waals surface area contributed by atoms with Crippen LogP contribution in [-0.4, -0.2) is 42.1 Å². The Morgan fingerprint density at radius 2 is 2.10 bits per heavy atom. The first-order valence-electron chi connectivity index (χ1n) is 9.60. The van der Waals surface area contributed by atoms with E-state index in [1.807, 2.05) is 49.2 Å². The minimum Gasteiger partial charge on any atom is -0.331 e. The monoisotopic (exact) mass is 389 g/mol. The Kier molecular flexibility index (Phi) is 5.33. The third-order valence-corrected chi connectivity index (χ3v) is 4.91. The summed E-state index contributed by atoms with van der Waals surface area (Å²) >= 11 is 0. The highest BCUT2D eigenvalue weighted by Crippen LogP contribution is 2.32. The highest BCUT2D eigenvalue weighted by atomic mass is 16.2. The lowest BCUT2D eigenvalue weighted by Gasteiger charge is -2.23. The van der Waals surface area contributed by atoms with Crippen molar-refractivity contribution in [2.24, 2.45) is 7.05 Å². The van der Waals surface area contributed by atoms with Crippen molar-refractivity contribution in [3.63, 3.8) is 0 Å². The van der Waals surface area contributed by atoms with E-state index in [-0.39, 0.29) is 11.9 Å². The van der Waals surface area contributed by atoms with Gasteiger partial charge >= 0.3 is 0 Å². The summed E-state index contributed by atoms with van der Waals surface area (Å²) in [6, 6.07) is 9.37. The molecule has 0 radical (unpaired) electrons. The Hall–Kier alpha value is -3.55. The van der Waals surface area contributed by atoms with Crippen LogP contribution in [0.1, 0.15) is 36.1 Å². The average Bonchev–Trinajstić information content (AvgIpc) is 3.35. The van der Waals surface area contributed by atoms with Crippen molar-refractivity contribution in [3.8, 4) is 0 Å². The molecule has 1 N–H and O–H groups in total. The van der Waals surface area contributed by atoms with E-state index in [4.69, 9.17) is 0 Å². The Morgan fingerprint density at radius 1 is 1.21 bits per heavy atom. The first-order valence-corrected chi connectivity index (χ1v) is 9.60. The molecule has 1 aliphatic rings. The molecule has 1 saturated heterocycles. The molecule has 0 bridgehead atoms. The van der Waals surface area contributed by atoms with Gasteiger partial charge in [-0.15, -0.1) is 0 Å². The van der Waals surface area contributed by atoms with E-state index in [1.54, 1.807) is 29.2 Å². The summed E-state index contributed by atoms with van der Waals surface area (Å²) in [5.74, 6) is 2.03. The normalized spacial score (nSPS) is 16.5. The number of hydrogen-bond donors (Lipinski definition) is 1. The van der Waals surface area contributed by atoms with Gasteiger partial charge in [0.05, 0.1) is 17.4 Å². The third-order valence-electron chi connectivity index (χ3n) is 4.91. The molecule has 1 aliphatic heterocycles. The Labute approximate surface area is 169 Å². The van der Waals surface area contributed by atoms with Crippen molar-refractivity contribution in [2.45, 2.75) is 25.8 Å². The van der Waals surface area contributed by atoms with Crippen LogP contribution < -0.4 is 5.32 Å². The van der Waals surface area contributed by atoms with Crippen molar-refractivity contribution < 1.29 is 4.79 Å². The van der Waals surface area contributed by atoms with Crippen LogP contribution in [0.25, 0.3) is 6.08 Å². The molecule has 8 heteroatoms. The highest BCUT2D eigenvalue weighted by Gasteiger charge is 2.30. The SMILES string of the molecule is Cc1nc(Nc2ccccn2)cc(C2CCCN2C(=O)C=Cc2ccnn2C)n1. The van der Waals surface area contributed by atoms with E-state index in [0.29, 0.717) is 18.2 Å². The summed E-state index contributed by atoms with van der Waals surface area (Å²) in [6.45, 7) is 2.57. The molecule has 4 rings (SSSR count). The number of hydrogen-bond acceptors (Lipinski definition) is 6. The van der Waals surface area contributed by atoms with Crippen LogP contribution in [0.15, 0.2) is 48.8 Å². The van der Waals surface area contributed by atoms with Crippen LogP contribution in [0.2, 0.25) is 0 Å². The molecule has 1 atom stereocenters. The number of anilines is 2. The van der Waals surface area contributed by atoms with Crippen LogP contribution in [0.5, 0.6) is 0 Å². The van der Waals surface area contributed by atoms with Gasteiger partial charge in [-0.1, -0.05) is 6.07 Å². The van der Waals surface area contributed by atoms with Crippen LogP contribution >= 0.6 is 0 Å². The van der Waals surface area contributed by atoms with Gasteiger partial charge < -0.3 is 10.2 Å². The summed E-state index contributed by atoms with van der Waals surface area (Å²) in [4.78, 5) is 28.1. The number of aryl methyl sites for hydroxylation is 2. The minimum absolute atomic E-state index is 0.0239. The molecular formula is C21H23N7O. The summed E-state index contributed by atoms with van der Waals surface area (Å²) in [7, 11) is 1.85. The zero-order chi connectivity index (χ0) is 20.2. The molecule has 148 valence electrons. The molecule has 0 spiro atoms. The number of rotatable bonds is 5. The standard InChI is InChI=1S/C21H23N7O/c1-15-24-17(14-20(25-15)26-19-7-3-4-11-22-19)18-6-5-13-28(18)21(29)9-8-16-10-12-23-27(16)2/h3-4,7-12,14,18H,5-6,13H2,1-2H3,(H,22,24,25,26). The van der Waals surface area contributed by atoms with Gasteiger partial charge in [0.1, 0.15) is 17.5 Å². The molecule has 0 aromatic carbocycles. The molecular weight excluding hydrogens is 366 g/mol. The van der Waals surface area contributed by atoms with Crippen molar-refractivity contribution in [1.29, 1.82) is 0 Å². The molecule has 4 heterocycles. The lowest BCUT2D eigenvalue weighted by atomic mass is 10.1. The van der Waals surface area contributed by atoms with Gasteiger partial charge in [0.25, 0.3) is 0 Å². The largest absolute Gasteiger partial charge is 0.331 e. The number of carbonyl (C=O) groups excluding carboxylic acids is 1. The summed E-state index contributed by atoms with van der Waals surface area (Å²) < 4.78 is 1.73. The quantitative estimate of drug-likeness (QED) is 0.675. The maximum absolute atomic E-state index is 12.8. The fourth-order valence-electron chi connectivity index (χ4n) is 3.53. The first-order chi connectivity index (χ1) is 14.1. The predicted octanol–water partition coefficient (Wildman–Crippen LogP) is 3.03. The number of nitrogens with one attached hydrogen (secondary N) is 1. The van der Waals surface area contributed by atoms with E-state index >= 15 is 0 Å². The lowest BCUT2D eigenvalue weighted by molar-refractivity contribution is -0.126. The Bertz CT molecular complexity index is 1030. The van der Waals surface area contributed by atoms with Crippen molar-refractivity contribution >= 4 is 23.6 Å². The van der Waals surface area contributed by atoms with Crippen molar-refractivity contribution in [2.75, 3.05) is 11.9 Å². The molecule has 8 nitrogen and oxygen atoms in total. The van der Waals surface area contributed by atoms with E-state index in [0.717, 1.165) is 30.0 Å². The second-order valence-electron chi connectivity index (χ2n) is 6.97. The number of pyridine rings is 1. The van der Waals surface area contributed by atoms with Gasteiger partial charge in [-0.3, -0.25) is 9.48 Å². The maximum Gasteiger partial charge on any atom is 0.247 e. The van der Waals surface area contributed by atoms with Crippen molar-refractivity contribution in [1.82, 2.24) is 29.6 Å². The molecule has 3 aromatic heterocycles. The first kappa shape index (κ1) is 18.8. The van der Waals surface area contributed by atoms with Crippen LogP contribution in [0, 0.1) is 6.92 Å². The summed E-state index contributed by atoms with van der Waals surface area (Å²) in [5, 5.41) is 7.33. The van der Waals surface area contributed by atoms with Gasteiger partial charge in [-0.2, -0.15) is 5.10 Å². The second kappa shape index (κ2) is 8.22. The smallest absolute Gasteiger partial charge is 0.247 e.